The van der Waals surface area contributed by atoms with Gasteiger partial charge < -0.3 is 10.6 Å². The SMILES string of the molecule is CC(N)CCCN1CCC(C(C)C)C1. The van der Waals surface area contributed by atoms with E-state index in [0.29, 0.717) is 6.04 Å². The van der Waals surface area contributed by atoms with Crippen LogP contribution in [0.1, 0.15) is 40.0 Å². The normalized spacial score (nSPS) is 25.9. The molecule has 1 aliphatic rings. The summed E-state index contributed by atoms with van der Waals surface area (Å²) in [6.45, 7) is 10.7. The van der Waals surface area contributed by atoms with Crippen molar-refractivity contribution in [2.24, 2.45) is 17.6 Å². The van der Waals surface area contributed by atoms with Gasteiger partial charge in [0.25, 0.3) is 0 Å². The highest BCUT2D eigenvalue weighted by Gasteiger charge is 2.23. The Balaban J connectivity index is 2.10. The lowest BCUT2D eigenvalue weighted by Crippen LogP contribution is -2.25. The quantitative estimate of drug-likeness (QED) is 0.733. The highest BCUT2D eigenvalue weighted by molar-refractivity contribution is 4.77. The Labute approximate surface area is 88.8 Å². The first-order chi connectivity index (χ1) is 6.59. The maximum atomic E-state index is 5.73. The molecule has 1 saturated heterocycles. The van der Waals surface area contributed by atoms with Gasteiger partial charge in [0.2, 0.25) is 0 Å². The molecule has 2 atom stereocenters. The fourth-order valence-electron chi connectivity index (χ4n) is 2.25. The van der Waals surface area contributed by atoms with E-state index < -0.39 is 0 Å². The number of nitrogens with zero attached hydrogens (tertiary/aromatic N) is 1. The minimum atomic E-state index is 0.374. The van der Waals surface area contributed by atoms with Crippen LogP contribution in [0.25, 0.3) is 0 Å². The first-order valence-electron chi connectivity index (χ1n) is 6.07. The van der Waals surface area contributed by atoms with Gasteiger partial charge in [-0.25, -0.2) is 0 Å². The van der Waals surface area contributed by atoms with Gasteiger partial charge in [-0.15, -0.1) is 0 Å². The summed E-state index contributed by atoms with van der Waals surface area (Å²) in [5.74, 6) is 1.79. The molecule has 0 saturated carbocycles. The molecule has 14 heavy (non-hydrogen) atoms. The van der Waals surface area contributed by atoms with E-state index in [1.165, 1.54) is 38.9 Å². The number of rotatable bonds is 5. The van der Waals surface area contributed by atoms with Crippen LogP contribution in [0.3, 0.4) is 0 Å². The Hall–Kier alpha value is -0.0800. The lowest BCUT2D eigenvalue weighted by molar-refractivity contribution is 0.295. The van der Waals surface area contributed by atoms with Crippen molar-refractivity contribution in [3.63, 3.8) is 0 Å². The molecule has 84 valence electrons. The van der Waals surface area contributed by atoms with Crippen LogP contribution in [0.4, 0.5) is 0 Å². The summed E-state index contributed by atoms with van der Waals surface area (Å²) in [6, 6.07) is 0.374. The van der Waals surface area contributed by atoms with Gasteiger partial charge in [-0.05, 0) is 51.1 Å². The van der Waals surface area contributed by atoms with Crippen molar-refractivity contribution in [3.8, 4) is 0 Å². The summed E-state index contributed by atoms with van der Waals surface area (Å²) in [5, 5.41) is 0. The lowest BCUT2D eigenvalue weighted by Gasteiger charge is -2.18. The van der Waals surface area contributed by atoms with Crippen LogP contribution in [0.15, 0.2) is 0 Å². The van der Waals surface area contributed by atoms with E-state index in [2.05, 4.69) is 25.7 Å². The number of nitrogens with two attached hydrogens (primary N) is 1. The van der Waals surface area contributed by atoms with Gasteiger partial charge in [0.1, 0.15) is 0 Å². The maximum Gasteiger partial charge on any atom is 0.00126 e. The standard InChI is InChI=1S/C12H26N2/c1-10(2)12-6-8-14(9-12)7-4-5-11(3)13/h10-12H,4-9,13H2,1-3H3. The van der Waals surface area contributed by atoms with Gasteiger partial charge in [0.15, 0.2) is 0 Å². The van der Waals surface area contributed by atoms with Gasteiger partial charge in [0.05, 0.1) is 0 Å². The molecule has 0 radical (unpaired) electrons. The van der Waals surface area contributed by atoms with Gasteiger partial charge >= 0.3 is 0 Å². The zero-order valence-corrected chi connectivity index (χ0v) is 10.00. The van der Waals surface area contributed by atoms with Crippen molar-refractivity contribution < 1.29 is 0 Å². The second kappa shape index (κ2) is 5.72. The Morgan fingerprint density at radius 3 is 2.57 bits per heavy atom. The topological polar surface area (TPSA) is 29.3 Å². The van der Waals surface area contributed by atoms with Crippen molar-refractivity contribution in [2.45, 2.75) is 46.1 Å². The Kier molecular flexibility index (Phi) is 4.90. The molecule has 0 amide bonds. The molecule has 2 nitrogen and oxygen atoms in total. The predicted molar refractivity (Wildman–Crippen MR) is 62.3 cm³/mol. The summed E-state index contributed by atoms with van der Waals surface area (Å²) in [5.41, 5.74) is 5.73. The fraction of sp³-hybridized carbons (Fsp3) is 1.00. The van der Waals surface area contributed by atoms with E-state index in [-0.39, 0.29) is 0 Å². The van der Waals surface area contributed by atoms with Crippen LogP contribution in [0.2, 0.25) is 0 Å². The second-order valence-electron chi connectivity index (χ2n) is 5.21. The van der Waals surface area contributed by atoms with Crippen molar-refractivity contribution in [2.75, 3.05) is 19.6 Å². The average molecular weight is 198 g/mol. The number of hydrogen-bond acceptors (Lipinski definition) is 2. The third-order valence-corrected chi connectivity index (χ3v) is 3.39. The smallest absolute Gasteiger partial charge is 0.00126 e. The van der Waals surface area contributed by atoms with Crippen molar-refractivity contribution in [1.29, 1.82) is 0 Å². The molecular weight excluding hydrogens is 172 g/mol. The summed E-state index contributed by atoms with van der Waals surface area (Å²) >= 11 is 0. The maximum absolute atomic E-state index is 5.73. The molecule has 0 aromatic rings. The molecular formula is C12H26N2. The molecule has 0 aliphatic carbocycles. The second-order valence-corrected chi connectivity index (χ2v) is 5.21. The minimum Gasteiger partial charge on any atom is -0.328 e. The molecule has 2 N–H and O–H groups in total. The van der Waals surface area contributed by atoms with Crippen molar-refractivity contribution >= 4 is 0 Å². The monoisotopic (exact) mass is 198 g/mol. The summed E-state index contributed by atoms with van der Waals surface area (Å²) < 4.78 is 0. The Morgan fingerprint density at radius 1 is 1.36 bits per heavy atom. The minimum absolute atomic E-state index is 0.374. The molecule has 0 aromatic heterocycles. The number of likely N-dealkylation sites (tertiary alicyclic amines) is 1. The van der Waals surface area contributed by atoms with Crippen LogP contribution >= 0.6 is 0 Å². The molecule has 1 fully saturated rings. The molecule has 0 aromatic carbocycles. The van der Waals surface area contributed by atoms with E-state index in [1.807, 2.05) is 0 Å². The highest BCUT2D eigenvalue weighted by atomic mass is 15.1. The molecule has 0 bridgehead atoms. The van der Waals surface area contributed by atoms with Gasteiger partial charge in [0, 0.05) is 12.6 Å². The van der Waals surface area contributed by atoms with Crippen LogP contribution in [-0.4, -0.2) is 30.6 Å². The van der Waals surface area contributed by atoms with E-state index in [0.717, 1.165) is 11.8 Å². The summed E-state index contributed by atoms with van der Waals surface area (Å²) in [4.78, 5) is 2.60. The first kappa shape index (κ1) is 12.0. The van der Waals surface area contributed by atoms with Crippen molar-refractivity contribution in [1.82, 2.24) is 4.90 Å². The van der Waals surface area contributed by atoms with Gasteiger partial charge in [-0.2, -0.15) is 0 Å². The van der Waals surface area contributed by atoms with Gasteiger partial charge in [-0.3, -0.25) is 0 Å². The zero-order chi connectivity index (χ0) is 10.6. The van der Waals surface area contributed by atoms with E-state index in [4.69, 9.17) is 5.73 Å². The molecule has 0 spiro atoms. The zero-order valence-electron chi connectivity index (χ0n) is 10.00. The lowest BCUT2D eigenvalue weighted by atomic mass is 9.95. The van der Waals surface area contributed by atoms with E-state index >= 15 is 0 Å². The Morgan fingerprint density at radius 2 is 2.07 bits per heavy atom. The molecule has 2 heteroatoms. The summed E-state index contributed by atoms with van der Waals surface area (Å²) in [6.07, 6.45) is 3.83. The Bertz CT molecular complexity index is 154. The van der Waals surface area contributed by atoms with Crippen LogP contribution < -0.4 is 5.73 Å². The third-order valence-electron chi connectivity index (χ3n) is 3.39. The molecule has 1 aliphatic heterocycles. The van der Waals surface area contributed by atoms with E-state index in [1.54, 1.807) is 0 Å². The van der Waals surface area contributed by atoms with Crippen LogP contribution in [-0.2, 0) is 0 Å². The van der Waals surface area contributed by atoms with Crippen LogP contribution in [0, 0.1) is 11.8 Å². The molecule has 1 heterocycles. The predicted octanol–water partition coefficient (Wildman–Crippen LogP) is 2.09. The van der Waals surface area contributed by atoms with Crippen LogP contribution in [0.5, 0.6) is 0 Å². The van der Waals surface area contributed by atoms with Crippen molar-refractivity contribution in [3.05, 3.63) is 0 Å². The average Bonchev–Trinajstić information content (AvgIpc) is 2.52. The van der Waals surface area contributed by atoms with E-state index in [9.17, 15) is 0 Å². The third kappa shape index (κ3) is 3.97. The first-order valence-corrected chi connectivity index (χ1v) is 6.07. The highest BCUT2D eigenvalue weighted by Crippen LogP contribution is 2.23. The largest absolute Gasteiger partial charge is 0.328 e. The fourth-order valence-corrected chi connectivity index (χ4v) is 2.25. The molecule has 2 unspecified atom stereocenters. The summed E-state index contributed by atoms with van der Waals surface area (Å²) in [7, 11) is 0. The van der Waals surface area contributed by atoms with Gasteiger partial charge in [-0.1, -0.05) is 13.8 Å². The number of hydrogen-bond donors (Lipinski definition) is 1. The molecule has 1 rings (SSSR count).